The van der Waals surface area contributed by atoms with E-state index in [1.165, 1.54) is 0 Å². The Bertz CT molecular complexity index is 600. The lowest BCUT2D eigenvalue weighted by Crippen LogP contribution is -2.37. The van der Waals surface area contributed by atoms with Crippen LogP contribution in [0.1, 0.15) is 44.9 Å². The summed E-state index contributed by atoms with van der Waals surface area (Å²) in [6.45, 7) is 6.69. The highest BCUT2D eigenvalue weighted by atomic mass is 16.5. The smallest absolute Gasteiger partial charge is 0.239 e. The number of hydrogen-bond acceptors (Lipinski definition) is 4. The van der Waals surface area contributed by atoms with E-state index >= 15 is 0 Å². The Hall–Kier alpha value is -1.85. The van der Waals surface area contributed by atoms with E-state index in [1.54, 1.807) is 0 Å². The van der Waals surface area contributed by atoms with Gasteiger partial charge in [-0.15, -0.1) is 0 Å². The molecule has 6 heteroatoms. The summed E-state index contributed by atoms with van der Waals surface area (Å²) in [6.07, 6.45) is 3.94. The maximum Gasteiger partial charge on any atom is 0.239 e. The molecule has 0 radical (unpaired) electrons. The Morgan fingerprint density at radius 2 is 2.05 bits per heavy atom. The molecule has 0 saturated carbocycles. The molecule has 2 atom stereocenters. The number of amides is 2. The van der Waals surface area contributed by atoms with Crippen molar-refractivity contribution in [2.75, 3.05) is 11.9 Å². The lowest BCUT2D eigenvalue weighted by Gasteiger charge is -2.29. The van der Waals surface area contributed by atoms with Crippen molar-refractivity contribution < 1.29 is 14.1 Å². The first-order valence-corrected chi connectivity index (χ1v) is 7.94. The van der Waals surface area contributed by atoms with Gasteiger partial charge in [0, 0.05) is 18.0 Å². The quantitative estimate of drug-likeness (QED) is 0.817. The van der Waals surface area contributed by atoms with Crippen molar-refractivity contribution in [2.24, 2.45) is 17.3 Å². The van der Waals surface area contributed by atoms with Gasteiger partial charge < -0.3 is 9.84 Å². The van der Waals surface area contributed by atoms with Crippen molar-refractivity contribution in [2.45, 2.75) is 46.5 Å². The van der Waals surface area contributed by atoms with E-state index in [0.29, 0.717) is 12.4 Å². The van der Waals surface area contributed by atoms with Gasteiger partial charge in [0.1, 0.15) is 5.92 Å². The van der Waals surface area contributed by atoms with Gasteiger partial charge in [-0.1, -0.05) is 25.9 Å². The Morgan fingerprint density at radius 3 is 2.77 bits per heavy atom. The number of aromatic nitrogens is 1. The fourth-order valence-electron chi connectivity index (χ4n) is 3.41. The molecule has 1 aliphatic carbocycles. The molecule has 0 spiro atoms. The first-order chi connectivity index (χ1) is 10.4. The molecule has 1 fully saturated rings. The third kappa shape index (κ3) is 2.62. The zero-order valence-electron chi connectivity index (χ0n) is 13.4. The molecule has 6 nitrogen and oxygen atoms in total. The summed E-state index contributed by atoms with van der Waals surface area (Å²) in [4.78, 5) is 24.7. The Labute approximate surface area is 130 Å². The second-order valence-electron chi connectivity index (χ2n) is 7.33. The highest BCUT2D eigenvalue weighted by Crippen LogP contribution is 2.36. The average Bonchev–Trinajstić information content (AvgIpc) is 3.03. The van der Waals surface area contributed by atoms with Gasteiger partial charge in [-0.3, -0.25) is 14.9 Å². The first kappa shape index (κ1) is 15.1. The predicted molar refractivity (Wildman–Crippen MR) is 81.2 cm³/mol. The molecule has 2 unspecified atom stereocenters. The van der Waals surface area contributed by atoms with Gasteiger partial charge in [0.2, 0.25) is 17.7 Å². The molecule has 1 saturated heterocycles. The molecular weight excluding hydrogens is 282 g/mol. The number of carbonyl (C=O) groups excluding carboxylic acids is 2. The second-order valence-corrected chi connectivity index (χ2v) is 7.33. The molecule has 1 aromatic heterocycles. The standard InChI is InChI=1S/C16H23N3O3/c1-16(2,3)10-8-17-13(20)12(10)14(21)18-15-9-6-4-5-7-11(9)19-22-15/h10,12H,4-8H2,1-3H3,(H,17,20)(H,18,21). The predicted octanol–water partition coefficient (Wildman–Crippen LogP) is 1.90. The maximum absolute atomic E-state index is 12.6. The number of hydrogen-bond donors (Lipinski definition) is 2. The normalized spacial score (nSPS) is 24.8. The van der Waals surface area contributed by atoms with Crippen LogP contribution in [0.3, 0.4) is 0 Å². The fraction of sp³-hybridized carbons (Fsp3) is 0.688. The number of anilines is 1. The first-order valence-electron chi connectivity index (χ1n) is 7.94. The van der Waals surface area contributed by atoms with Gasteiger partial charge in [0.05, 0.1) is 5.69 Å². The van der Waals surface area contributed by atoms with E-state index in [4.69, 9.17) is 4.52 Å². The summed E-state index contributed by atoms with van der Waals surface area (Å²) in [5.41, 5.74) is 1.80. The van der Waals surface area contributed by atoms with Crippen LogP contribution in [0.15, 0.2) is 4.52 Å². The zero-order chi connectivity index (χ0) is 15.9. The number of nitrogens with one attached hydrogen (secondary N) is 2. The van der Waals surface area contributed by atoms with E-state index in [-0.39, 0.29) is 23.1 Å². The Balaban J connectivity index is 1.79. The molecule has 3 rings (SSSR count). The van der Waals surface area contributed by atoms with Gasteiger partial charge in [0.15, 0.2) is 0 Å². The van der Waals surface area contributed by atoms with Crippen LogP contribution in [0, 0.1) is 17.3 Å². The van der Waals surface area contributed by atoms with Crippen LogP contribution in [0.25, 0.3) is 0 Å². The SMILES string of the molecule is CC(C)(C)C1CNC(=O)C1C(=O)Nc1onc2c1CCCC2. The second kappa shape index (κ2) is 5.41. The van der Waals surface area contributed by atoms with Crippen molar-refractivity contribution in [3.8, 4) is 0 Å². The van der Waals surface area contributed by atoms with E-state index in [1.807, 2.05) is 0 Å². The van der Waals surface area contributed by atoms with Crippen LogP contribution < -0.4 is 10.6 Å². The zero-order valence-corrected chi connectivity index (χ0v) is 13.4. The molecule has 1 aromatic rings. The maximum atomic E-state index is 12.6. The molecule has 22 heavy (non-hydrogen) atoms. The third-order valence-corrected chi connectivity index (χ3v) is 4.77. The molecule has 0 aromatic carbocycles. The van der Waals surface area contributed by atoms with Crippen molar-refractivity contribution in [1.82, 2.24) is 10.5 Å². The van der Waals surface area contributed by atoms with Crippen LogP contribution in [0.5, 0.6) is 0 Å². The van der Waals surface area contributed by atoms with E-state index in [9.17, 15) is 9.59 Å². The molecule has 2 aliphatic rings. The molecule has 2 N–H and O–H groups in total. The van der Waals surface area contributed by atoms with Crippen LogP contribution in [0.4, 0.5) is 5.88 Å². The number of carbonyl (C=O) groups is 2. The summed E-state index contributed by atoms with van der Waals surface area (Å²) in [7, 11) is 0. The Kier molecular flexibility index (Phi) is 3.70. The van der Waals surface area contributed by atoms with Gasteiger partial charge in [0.25, 0.3) is 0 Å². The van der Waals surface area contributed by atoms with Crippen molar-refractivity contribution >= 4 is 17.7 Å². The van der Waals surface area contributed by atoms with Crippen molar-refractivity contribution in [1.29, 1.82) is 0 Å². The van der Waals surface area contributed by atoms with E-state index in [2.05, 4.69) is 36.6 Å². The van der Waals surface area contributed by atoms with Crippen LogP contribution in [0.2, 0.25) is 0 Å². The average molecular weight is 305 g/mol. The summed E-state index contributed by atoms with van der Waals surface area (Å²) in [6, 6.07) is 0. The third-order valence-electron chi connectivity index (χ3n) is 4.77. The summed E-state index contributed by atoms with van der Waals surface area (Å²) in [5, 5.41) is 9.63. The van der Waals surface area contributed by atoms with Gasteiger partial charge >= 0.3 is 0 Å². The Morgan fingerprint density at radius 1 is 1.32 bits per heavy atom. The van der Waals surface area contributed by atoms with Crippen LogP contribution >= 0.6 is 0 Å². The summed E-state index contributed by atoms with van der Waals surface area (Å²) in [5.74, 6) is -0.777. The molecule has 1 aliphatic heterocycles. The monoisotopic (exact) mass is 305 g/mol. The number of aryl methyl sites for hydroxylation is 1. The van der Waals surface area contributed by atoms with Gasteiger partial charge in [-0.2, -0.15) is 0 Å². The van der Waals surface area contributed by atoms with Crippen LogP contribution in [-0.4, -0.2) is 23.5 Å². The number of nitrogens with zero attached hydrogens (tertiary/aromatic N) is 1. The molecule has 0 bridgehead atoms. The van der Waals surface area contributed by atoms with Crippen LogP contribution in [-0.2, 0) is 22.4 Å². The molecule has 2 amide bonds. The van der Waals surface area contributed by atoms with E-state index in [0.717, 1.165) is 36.9 Å². The van der Waals surface area contributed by atoms with Gasteiger partial charge in [-0.05, 0) is 31.1 Å². The molecular formula is C16H23N3O3. The minimum atomic E-state index is -0.677. The topological polar surface area (TPSA) is 84.2 Å². The molecule has 2 heterocycles. The largest absolute Gasteiger partial charge is 0.355 e. The minimum absolute atomic E-state index is 0.0289. The lowest BCUT2D eigenvalue weighted by atomic mass is 9.74. The number of fused-ring (bicyclic) bond motifs is 1. The minimum Gasteiger partial charge on any atom is -0.355 e. The summed E-state index contributed by atoms with van der Waals surface area (Å²) < 4.78 is 5.29. The van der Waals surface area contributed by atoms with E-state index < -0.39 is 5.92 Å². The van der Waals surface area contributed by atoms with Crippen molar-refractivity contribution in [3.63, 3.8) is 0 Å². The van der Waals surface area contributed by atoms with Crippen molar-refractivity contribution in [3.05, 3.63) is 11.3 Å². The number of rotatable bonds is 2. The lowest BCUT2D eigenvalue weighted by molar-refractivity contribution is -0.132. The molecule has 120 valence electrons. The summed E-state index contributed by atoms with van der Waals surface area (Å²) >= 11 is 0. The van der Waals surface area contributed by atoms with Gasteiger partial charge in [-0.25, -0.2) is 0 Å². The fourth-order valence-corrected chi connectivity index (χ4v) is 3.41. The highest BCUT2D eigenvalue weighted by Gasteiger charge is 2.46. The highest BCUT2D eigenvalue weighted by molar-refractivity contribution is 6.07.